The molecule has 2 saturated heterocycles. The van der Waals surface area contributed by atoms with Crippen molar-refractivity contribution in [2.45, 2.75) is 62.2 Å². The van der Waals surface area contributed by atoms with E-state index in [1.807, 2.05) is 67.6 Å². The third kappa shape index (κ3) is 11.1. The number of piperidine rings is 2. The summed E-state index contributed by atoms with van der Waals surface area (Å²) in [5.74, 6) is 0. The van der Waals surface area contributed by atoms with Crippen molar-refractivity contribution in [2.75, 3.05) is 26.2 Å². The van der Waals surface area contributed by atoms with Crippen LogP contribution in [-0.2, 0) is 37.0 Å². The predicted molar refractivity (Wildman–Crippen MR) is 181 cm³/mol. The Morgan fingerprint density at radius 1 is 0.780 bits per heavy atom. The molecule has 4 atom stereocenters. The Hall–Kier alpha value is -5.31. The summed E-state index contributed by atoms with van der Waals surface area (Å²) in [4.78, 5) is 32.6. The summed E-state index contributed by atoms with van der Waals surface area (Å²) < 4.78 is 41.0. The van der Waals surface area contributed by atoms with Gasteiger partial charge in [-0.05, 0) is 54.1 Å². The Morgan fingerprint density at radius 2 is 1.28 bits per heavy atom. The first kappa shape index (κ1) is 37.5. The molecular weight excluding hydrogens is 668 g/mol. The summed E-state index contributed by atoms with van der Waals surface area (Å²) in [6, 6.07) is 23.6. The van der Waals surface area contributed by atoms with Gasteiger partial charge in [0.15, 0.2) is 0 Å². The lowest BCUT2D eigenvalue weighted by molar-refractivity contribution is 0.0361. The van der Waals surface area contributed by atoms with Crippen LogP contribution in [0.3, 0.4) is 0 Å². The van der Waals surface area contributed by atoms with Crippen molar-refractivity contribution in [3.63, 3.8) is 0 Å². The third-order valence-electron chi connectivity index (χ3n) is 7.95. The first-order valence-electron chi connectivity index (χ1n) is 15.8. The van der Waals surface area contributed by atoms with Gasteiger partial charge in [-0.3, -0.25) is 4.18 Å². The molecule has 0 radical (unpaired) electrons. The highest BCUT2D eigenvalue weighted by atomic mass is 32.2. The Balaban J connectivity index is 0.000000244. The summed E-state index contributed by atoms with van der Waals surface area (Å²) in [5.41, 5.74) is 19.9. The first-order chi connectivity index (χ1) is 24.1. The summed E-state index contributed by atoms with van der Waals surface area (Å²) in [7, 11) is -4.03. The number of carbonyl (C=O) groups is 2. The fourth-order valence-corrected chi connectivity index (χ4v) is 6.33. The summed E-state index contributed by atoms with van der Waals surface area (Å²) in [5, 5.41) is 16.9. The average molecular weight is 707 g/mol. The molecule has 0 aromatic heterocycles. The second-order valence-corrected chi connectivity index (χ2v) is 13.1. The van der Waals surface area contributed by atoms with Gasteiger partial charge in [0.1, 0.15) is 13.2 Å². The van der Waals surface area contributed by atoms with Gasteiger partial charge in [-0.2, -0.15) is 8.42 Å². The molecule has 2 aliphatic rings. The fourth-order valence-electron chi connectivity index (χ4n) is 5.20. The minimum absolute atomic E-state index is 0.00572. The van der Waals surface area contributed by atoms with Gasteiger partial charge in [0, 0.05) is 29.5 Å². The lowest BCUT2D eigenvalue weighted by atomic mass is 10.0. The van der Waals surface area contributed by atoms with Crippen LogP contribution in [-0.4, -0.2) is 86.0 Å². The highest BCUT2D eigenvalue weighted by Crippen LogP contribution is 2.24. The van der Waals surface area contributed by atoms with E-state index < -0.39 is 46.6 Å². The molecule has 16 nitrogen and oxygen atoms in total. The van der Waals surface area contributed by atoms with Crippen LogP contribution in [0.1, 0.15) is 29.5 Å². The van der Waals surface area contributed by atoms with E-state index in [0.29, 0.717) is 13.0 Å². The van der Waals surface area contributed by atoms with Crippen molar-refractivity contribution < 1.29 is 36.8 Å². The maximum absolute atomic E-state index is 12.6. The second kappa shape index (κ2) is 18.5. The number of aliphatic hydroxyl groups is 1. The van der Waals surface area contributed by atoms with Crippen LogP contribution in [0.25, 0.3) is 20.9 Å². The maximum Gasteiger partial charge on any atom is 0.410 e. The molecule has 2 fully saturated rings. The molecule has 0 saturated carbocycles. The highest BCUT2D eigenvalue weighted by molar-refractivity contribution is 7.86. The van der Waals surface area contributed by atoms with Crippen LogP contribution in [0, 0.1) is 6.92 Å². The lowest BCUT2D eigenvalue weighted by Crippen LogP contribution is -2.49. The standard InChI is InChI=1S/C20H22N4O5S.C13H16N4O3/c1-15-7-9-17(10-8-15)30(26,27)29-19-11-12-24(13-18(19)22-23-21)20(25)28-14-16-5-3-2-4-6-16;14-16-15-11-6-7-17(8-12(11)18)13(19)20-9-10-4-2-1-3-5-10/h2-10,18-19H,11-14H2,1H3;1-5,11-12,18H,6-9H2. The number of hydrogen-bond donors (Lipinski definition) is 1. The second-order valence-electron chi connectivity index (χ2n) is 11.6. The number of benzene rings is 3. The summed E-state index contributed by atoms with van der Waals surface area (Å²) in [6.45, 7) is 2.92. The van der Waals surface area contributed by atoms with Crippen molar-refractivity contribution in [1.82, 2.24) is 9.80 Å². The van der Waals surface area contributed by atoms with E-state index in [4.69, 9.17) is 24.7 Å². The van der Waals surface area contributed by atoms with Gasteiger partial charge in [0.2, 0.25) is 0 Å². The molecule has 1 N–H and O–H groups in total. The van der Waals surface area contributed by atoms with Crippen molar-refractivity contribution in [1.29, 1.82) is 0 Å². The van der Waals surface area contributed by atoms with Gasteiger partial charge in [-0.25, -0.2) is 9.59 Å². The number of rotatable bonds is 9. The molecular formula is C33H38N8O8S. The van der Waals surface area contributed by atoms with E-state index >= 15 is 0 Å². The normalized spacial score (nSPS) is 20.2. The molecule has 0 bridgehead atoms. The number of azide groups is 2. The quantitative estimate of drug-likeness (QED) is 0.123. The topological polar surface area (TPSA) is 220 Å². The molecule has 3 aromatic rings. The van der Waals surface area contributed by atoms with Gasteiger partial charge in [-0.1, -0.05) is 88.6 Å². The number of ether oxygens (including phenoxy) is 2. The number of carbonyl (C=O) groups excluding carboxylic acids is 2. The molecule has 5 rings (SSSR count). The molecule has 3 aromatic carbocycles. The Bertz CT molecular complexity index is 1770. The van der Waals surface area contributed by atoms with E-state index in [1.54, 1.807) is 12.1 Å². The number of likely N-dealkylation sites (tertiary alicyclic amines) is 2. The maximum atomic E-state index is 12.6. The van der Waals surface area contributed by atoms with E-state index in [9.17, 15) is 23.1 Å². The third-order valence-corrected chi connectivity index (χ3v) is 9.30. The molecule has 4 unspecified atom stereocenters. The van der Waals surface area contributed by atoms with Crippen molar-refractivity contribution in [2.24, 2.45) is 10.2 Å². The van der Waals surface area contributed by atoms with Gasteiger partial charge in [0.05, 0.1) is 35.7 Å². The SMILES string of the molecule is Cc1ccc(S(=O)(=O)OC2CCN(C(=O)OCc3ccccc3)CC2N=[N+]=[N-])cc1.[N-]=[N+]=NC1CCN(C(=O)OCc2ccccc2)CC1O. The lowest BCUT2D eigenvalue weighted by Gasteiger charge is -2.35. The van der Waals surface area contributed by atoms with Crippen LogP contribution < -0.4 is 0 Å². The largest absolute Gasteiger partial charge is 0.445 e. The first-order valence-corrected chi connectivity index (χ1v) is 17.2. The zero-order valence-electron chi connectivity index (χ0n) is 27.3. The molecule has 2 heterocycles. The molecule has 264 valence electrons. The van der Waals surface area contributed by atoms with Gasteiger partial charge < -0.3 is 24.4 Å². The van der Waals surface area contributed by atoms with Crippen LogP contribution >= 0.6 is 0 Å². The molecule has 2 aliphatic heterocycles. The van der Waals surface area contributed by atoms with Crippen molar-refractivity contribution in [3.8, 4) is 0 Å². The Morgan fingerprint density at radius 3 is 1.80 bits per heavy atom. The molecule has 17 heteroatoms. The highest BCUT2D eigenvalue weighted by Gasteiger charge is 2.36. The average Bonchev–Trinajstić information content (AvgIpc) is 3.12. The number of aliphatic hydroxyl groups excluding tert-OH is 1. The summed E-state index contributed by atoms with van der Waals surface area (Å²) in [6.07, 6.45) is -2.11. The van der Waals surface area contributed by atoms with Gasteiger partial charge in [-0.15, -0.1) is 0 Å². The van der Waals surface area contributed by atoms with E-state index in [2.05, 4.69) is 20.1 Å². The number of nitrogens with zero attached hydrogens (tertiary/aromatic N) is 8. The van der Waals surface area contributed by atoms with Crippen LogP contribution in [0.5, 0.6) is 0 Å². The van der Waals surface area contributed by atoms with Gasteiger partial charge in [0.25, 0.3) is 10.1 Å². The van der Waals surface area contributed by atoms with Crippen molar-refractivity contribution >= 4 is 22.3 Å². The van der Waals surface area contributed by atoms with Crippen molar-refractivity contribution in [3.05, 3.63) is 123 Å². The van der Waals surface area contributed by atoms with E-state index in [-0.39, 0.29) is 44.2 Å². The monoisotopic (exact) mass is 706 g/mol. The van der Waals surface area contributed by atoms with E-state index in [0.717, 1.165) is 16.7 Å². The van der Waals surface area contributed by atoms with Crippen LogP contribution in [0.4, 0.5) is 9.59 Å². The number of hydrogen-bond acceptors (Lipinski definition) is 10. The predicted octanol–water partition coefficient (Wildman–Crippen LogP) is 5.86. The zero-order chi connectivity index (χ0) is 35.9. The molecule has 2 amide bonds. The fraction of sp³-hybridized carbons (Fsp3) is 0.394. The van der Waals surface area contributed by atoms with Gasteiger partial charge >= 0.3 is 12.2 Å². The van der Waals surface area contributed by atoms with E-state index in [1.165, 1.54) is 21.9 Å². The molecule has 0 aliphatic carbocycles. The minimum atomic E-state index is -4.03. The number of β-amino-alcohol motifs (C(OH)–C–C–N with tert-alkyl or cyclic N) is 1. The minimum Gasteiger partial charge on any atom is -0.445 e. The Kier molecular flexibility index (Phi) is 13.8. The van der Waals surface area contributed by atoms with Crippen LogP contribution in [0.2, 0.25) is 0 Å². The zero-order valence-corrected chi connectivity index (χ0v) is 28.2. The molecule has 50 heavy (non-hydrogen) atoms. The number of aryl methyl sites for hydroxylation is 1. The smallest absolute Gasteiger partial charge is 0.410 e. The molecule has 0 spiro atoms. The van der Waals surface area contributed by atoms with Crippen LogP contribution in [0.15, 0.2) is 100 Å². The number of amides is 2. The Labute approximate surface area is 289 Å². The summed E-state index contributed by atoms with van der Waals surface area (Å²) >= 11 is 0.